The van der Waals surface area contributed by atoms with E-state index < -0.39 is 0 Å². The van der Waals surface area contributed by atoms with Gasteiger partial charge in [-0.2, -0.15) is 0 Å². The predicted octanol–water partition coefficient (Wildman–Crippen LogP) is 4.04. The Balaban J connectivity index is 1.98. The average molecular weight is 315 g/mol. The van der Waals surface area contributed by atoms with Crippen LogP contribution in [0.3, 0.4) is 0 Å². The second-order valence-corrected chi connectivity index (χ2v) is 5.79. The second kappa shape index (κ2) is 7.27. The van der Waals surface area contributed by atoms with Gasteiger partial charge in [0.05, 0.1) is 6.04 Å². The van der Waals surface area contributed by atoms with E-state index in [4.69, 9.17) is 4.74 Å². The van der Waals surface area contributed by atoms with Crippen LogP contribution in [0, 0.1) is 19.7 Å². The molecular weight excluding hydrogens is 293 g/mol. The van der Waals surface area contributed by atoms with E-state index in [1.807, 2.05) is 39.0 Å². The molecule has 0 aromatic heterocycles. The van der Waals surface area contributed by atoms with Crippen LogP contribution in [0.5, 0.6) is 5.75 Å². The number of carbonyl (C=O) groups excluding carboxylic acids is 1. The standard InChI is InChI=1S/C19H22FNO2/c1-13-5-10-18(14(2)11-13)23-12-19(22)21(4)15(3)16-6-8-17(20)9-7-16/h5-11,15H,12H2,1-4H3. The molecule has 0 heterocycles. The number of rotatable bonds is 5. The minimum absolute atomic E-state index is 0.0219. The molecule has 2 aromatic rings. The Kier molecular flexibility index (Phi) is 5.37. The zero-order valence-corrected chi connectivity index (χ0v) is 14.0. The fourth-order valence-corrected chi connectivity index (χ4v) is 2.38. The fourth-order valence-electron chi connectivity index (χ4n) is 2.38. The van der Waals surface area contributed by atoms with Gasteiger partial charge in [-0.1, -0.05) is 29.8 Å². The van der Waals surface area contributed by atoms with Gasteiger partial charge in [0.25, 0.3) is 5.91 Å². The molecule has 4 heteroatoms. The van der Waals surface area contributed by atoms with Crippen LogP contribution < -0.4 is 4.74 Å². The SMILES string of the molecule is Cc1ccc(OCC(=O)N(C)C(C)c2ccc(F)cc2)c(C)c1. The highest BCUT2D eigenvalue weighted by atomic mass is 19.1. The Labute approximate surface area is 136 Å². The summed E-state index contributed by atoms with van der Waals surface area (Å²) in [5.74, 6) is 0.307. The van der Waals surface area contributed by atoms with Crippen molar-refractivity contribution in [2.75, 3.05) is 13.7 Å². The van der Waals surface area contributed by atoms with Crippen molar-refractivity contribution < 1.29 is 13.9 Å². The van der Waals surface area contributed by atoms with Crippen LogP contribution >= 0.6 is 0 Å². The van der Waals surface area contributed by atoms with E-state index in [-0.39, 0.29) is 24.4 Å². The summed E-state index contributed by atoms with van der Waals surface area (Å²) in [5, 5.41) is 0. The van der Waals surface area contributed by atoms with Gasteiger partial charge in [0, 0.05) is 7.05 Å². The molecule has 1 unspecified atom stereocenters. The van der Waals surface area contributed by atoms with Crippen LogP contribution in [-0.2, 0) is 4.79 Å². The van der Waals surface area contributed by atoms with E-state index in [1.54, 1.807) is 24.1 Å². The summed E-state index contributed by atoms with van der Waals surface area (Å²) in [4.78, 5) is 13.9. The van der Waals surface area contributed by atoms with Gasteiger partial charge in [0.15, 0.2) is 6.61 Å². The first-order valence-corrected chi connectivity index (χ1v) is 7.59. The number of amides is 1. The molecule has 0 spiro atoms. The molecule has 0 bridgehead atoms. The van der Waals surface area contributed by atoms with Crippen LogP contribution in [0.2, 0.25) is 0 Å². The third-order valence-corrected chi connectivity index (χ3v) is 4.01. The molecule has 0 aliphatic carbocycles. The van der Waals surface area contributed by atoms with Gasteiger partial charge < -0.3 is 9.64 Å². The molecule has 0 radical (unpaired) electrons. The third-order valence-electron chi connectivity index (χ3n) is 4.01. The summed E-state index contributed by atoms with van der Waals surface area (Å²) < 4.78 is 18.6. The lowest BCUT2D eigenvalue weighted by molar-refractivity contribution is -0.134. The van der Waals surface area contributed by atoms with Crippen molar-refractivity contribution in [3.8, 4) is 5.75 Å². The Morgan fingerprint density at radius 1 is 1.17 bits per heavy atom. The maximum Gasteiger partial charge on any atom is 0.260 e. The van der Waals surface area contributed by atoms with Crippen molar-refractivity contribution in [1.29, 1.82) is 0 Å². The molecule has 0 N–H and O–H groups in total. The van der Waals surface area contributed by atoms with Gasteiger partial charge in [-0.3, -0.25) is 4.79 Å². The van der Waals surface area contributed by atoms with E-state index >= 15 is 0 Å². The van der Waals surface area contributed by atoms with Crippen molar-refractivity contribution in [2.24, 2.45) is 0 Å². The molecule has 0 aliphatic heterocycles. The van der Waals surface area contributed by atoms with Gasteiger partial charge in [-0.15, -0.1) is 0 Å². The average Bonchev–Trinajstić information content (AvgIpc) is 2.53. The summed E-state index contributed by atoms with van der Waals surface area (Å²) in [6, 6.07) is 11.9. The molecule has 0 saturated carbocycles. The molecule has 0 fully saturated rings. The zero-order chi connectivity index (χ0) is 17.0. The highest BCUT2D eigenvalue weighted by molar-refractivity contribution is 5.78. The molecule has 3 nitrogen and oxygen atoms in total. The first kappa shape index (κ1) is 17.0. The highest BCUT2D eigenvalue weighted by Gasteiger charge is 2.18. The molecule has 0 aliphatic rings. The molecule has 23 heavy (non-hydrogen) atoms. The maximum absolute atomic E-state index is 13.0. The van der Waals surface area contributed by atoms with E-state index in [0.29, 0.717) is 5.75 Å². The van der Waals surface area contributed by atoms with E-state index in [1.165, 1.54) is 12.1 Å². The first-order chi connectivity index (χ1) is 10.9. The summed E-state index contributed by atoms with van der Waals surface area (Å²) >= 11 is 0. The lowest BCUT2D eigenvalue weighted by Gasteiger charge is -2.25. The number of hydrogen-bond acceptors (Lipinski definition) is 2. The van der Waals surface area contributed by atoms with E-state index in [0.717, 1.165) is 16.7 Å². The van der Waals surface area contributed by atoms with E-state index in [2.05, 4.69) is 0 Å². The predicted molar refractivity (Wildman–Crippen MR) is 89.0 cm³/mol. The second-order valence-electron chi connectivity index (χ2n) is 5.79. The quantitative estimate of drug-likeness (QED) is 0.833. The summed E-state index contributed by atoms with van der Waals surface area (Å²) in [7, 11) is 1.72. The smallest absolute Gasteiger partial charge is 0.260 e. The van der Waals surface area contributed by atoms with Crippen LogP contribution in [-0.4, -0.2) is 24.5 Å². The van der Waals surface area contributed by atoms with E-state index in [9.17, 15) is 9.18 Å². The normalized spacial score (nSPS) is 11.9. The molecule has 0 saturated heterocycles. The Morgan fingerprint density at radius 2 is 1.83 bits per heavy atom. The number of benzene rings is 2. The van der Waals surface area contributed by atoms with Crippen LogP contribution in [0.25, 0.3) is 0 Å². The number of carbonyl (C=O) groups is 1. The summed E-state index contributed by atoms with van der Waals surface area (Å²) in [6.45, 7) is 5.85. The zero-order valence-electron chi connectivity index (χ0n) is 14.0. The van der Waals surface area contributed by atoms with Crippen molar-refractivity contribution in [3.63, 3.8) is 0 Å². The number of likely N-dealkylation sites (N-methyl/N-ethyl adjacent to an activating group) is 1. The Morgan fingerprint density at radius 3 is 2.43 bits per heavy atom. The lowest BCUT2D eigenvalue weighted by atomic mass is 10.1. The van der Waals surface area contributed by atoms with Crippen molar-refractivity contribution in [2.45, 2.75) is 26.8 Å². The highest BCUT2D eigenvalue weighted by Crippen LogP contribution is 2.21. The molecule has 1 atom stereocenters. The van der Waals surface area contributed by atoms with Crippen molar-refractivity contribution in [3.05, 3.63) is 65.0 Å². The Hall–Kier alpha value is -2.36. The van der Waals surface area contributed by atoms with Gasteiger partial charge in [0.2, 0.25) is 0 Å². The fraction of sp³-hybridized carbons (Fsp3) is 0.316. The number of hydrogen-bond donors (Lipinski definition) is 0. The maximum atomic E-state index is 13.0. The van der Waals surface area contributed by atoms with Crippen LogP contribution in [0.15, 0.2) is 42.5 Å². The number of ether oxygens (including phenoxy) is 1. The minimum atomic E-state index is -0.284. The minimum Gasteiger partial charge on any atom is -0.484 e. The largest absolute Gasteiger partial charge is 0.484 e. The molecule has 1 amide bonds. The van der Waals surface area contributed by atoms with Crippen LogP contribution in [0.4, 0.5) is 4.39 Å². The van der Waals surface area contributed by atoms with Gasteiger partial charge in [0.1, 0.15) is 11.6 Å². The number of halogens is 1. The van der Waals surface area contributed by atoms with Crippen molar-refractivity contribution in [1.82, 2.24) is 4.90 Å². The number of aryl methyl sites for hydroxylation is 2. The topological polar surface area (TPSA) is 29.5 Å². The monoisotopic (exact) mass is 315 g/mol. The summed E-state index contributed by atoms with van der Waals surface area (Å²) in [6.07, 6.45) is 0. The van der Waals surface area contributed by atoms with Crippen LogP contribution in [0.1, 0.15) is 29.7 Å². The van der Waals surface area contributed by atoms with Gasteiger partial charge >= 0.3 is 0 Å². The molecule has 122 valence electrons. The Bertz CT molecular complexity index is 682. The van der Waals surface area contributed by atoms with Gasteiger partial charge in [-0.25, -0.2) is 4.39 Å². The number of nitrogens with zero attached hydrogens (tertiary/aromatic N) is 1. The van der Waals surface area contributed by atoms with Gasteiger partial charge in [-0.05, 0) is 50.1 Å². The molecule has 2 rings (SSSR count). The first-order valence-electron chi connectivity index (χ1n) is 7.59. The lowest BCUT2D eigenvalue weighted by Crippen LogP contribution is -2.33. The summed E-state index contributed by atoms with van der Waals surface area (Å²) in [5.41, 5.74) is 3.05. The third kappa shape index (κ3) is 4.31. The molecular formula is C19H22FNO2. The molecule has 2 aromatic carbocycles. The van der Waals surface area contributed by atoms with Crippen molar-refractivity contribution >= 4 is 5.91 Å².